The molecule has 16 heavy (non-hydrogen) atoms. The first kappa shape index (κ1) is 13.9. The molecule has 1 unspecified atom stereocenters. The molecule has 4 N–H and O–H groups in total. The first-order valence-electron chi connectivity index (χ1n) is 6.50. The van der Waals surface area contributed by atoms with Gasteiger partial charge in [-0.2, -0.15) is 0 Å². The zero-order chi connectivity index (χ0) is 11.6. The minimum Gasteiger partial charge on any atom is -0.353 e. The number of unbranched alkanes of at least 4 members (excludes halogenated alkanes) is 1. The van der Waals surface area contributed by atoms with E-state index in [2.05, 4.69) is 0 Å². The van der Waals surface area contributed by atoms with E-state index in [4.69, 9.17) is 20.9 Å². The number of hydrogen-bond donors (Lipinski definition) is 2. The molecule has 1 aliphatic rings. The lowest BCUT2D eigenvalue weighted by atomic mass is 10.0. The average Bonchev–Trinajstić information content (AvgIpc) is 2.35. The van der Waals surface area contributed by atoms with Crippen molar-refractivity contribution < 1.29 is 9.47 Å². The van der Waals surface area contributed by atoms with Gasteiger partial charge in [-0.05, 0) is 51.1 Å². The molecule has 1 heterocycles. The largest absolute Gasteiger partial charge is 0.353 e. The minimum absolute atomic E-state index is 0.0496. The van der Waals surface area contributed by atoms with Crippen LogP contribution in [0.3, 0.4) is 0 Å². The maximum atomic E-state index is 5.65. The summed E-state index contributed by atoms with van der Waals surface area (Å²) in [6.07, 6.45) is 6.84. The molecule has 4 nitrogen and oxygen atoms in total. The molecule has 0 spiro atoms. The molecule has 0 aromatic carbocycles. The van der Waals surface area contributed by atoms with Gasteiger partial charge in [-0.1, -0.05) is 6.42 Å². The van der Waals surface area contributed by atoms with E-state index in [0.29, 0.717) is 19.0 Å². The van der Waals surface area contributed by atoms with E-state index in [9.17, 15) is 0 Å². The number of hydrogen-bond acceptors (Lipinski definition) is 4. The Morgan fingerprint density at radius 1 is 1.19 bits per heavy atom. The van der Waals surface area contributed by atoms with E-state index in [1.54, 1.807) is 0 Å². The molecule has 1 aliphatic heterocycles. The smallest absolute Gasteiger partial charge is 0.157 e. The van der Waals surface area contributed by atoms with Crippen LogP contribution >= 0.6 is 0 Å². The summed E-state index contributed by atoms with van der Waals surface area (Å²) in [5, 5.41) is 0. The van der Waals surface area contributed by atoms with Crippen molar-refractivity contribution in [2.24, 2.45) is 17.4 Å². The molecule has 0 aromatic heterocycles. The van der Waals surface area contributed by atoms with Crippen LogP contribution in [0.15, 0.2) is 0 Å². The minimum atomic E-state index is 0.0496. The third-order valence-corrected chi connectivity index (χ3v) is 3.12. The second kappa shape index (κ2) is 8.93. The first-order valence-corrected chi connectivity index (χ1v) is 6.50. The van der Waals surface area contributed by atoms with Crippen molar-refractivity contribution in [2.45, 2.75) is 44.8 Å². The molecule has 0 aromatic rings. The molecular weight excluding hydrogens is 204 g/mol. The Kier molecular flexibility index (Phi) is 7.76. The fourth-order valence-electron chi connectivity index (χ4n) is 1.92. The van der Waals surface area contributed by atoms with Crippen LogP contribution in [-0.2, 0) is 9.47 Å². The molecule has 1 rings (SSSR count). The third kappa shape index (κ3) is 5.80. The summed E-state index contributed by atoms with van der Waals surface area (Å²) < 4.78 is 11.1. The molecule has 0 bridgehead atoms. The molecule has 0 aliphatic carbocycles. The molecule has 0 radical (unpaired) electrons. The zero-order valence-electron chi connectivity index (χ0n) is 10.2. The molecule has 0 saturated carbocycles. The van der Waals surface area contributed by atoms with Crippen molar-refractivity contribution in [1.82, 2.24) is 0 Å². The van der Waals surface area contributed by atoms with Gasteiger partial charge in [-0.3, -0.25) is 0 Å². The lowest BCUT2D eigenvalue weighted by Gasteiger charge is -2.22. The number of rotatable bonds is 8. The van der Waals surface area contributed by atoms with E-state index in [1.807, 2.05) is 0 Å². The van der Waals surface area contributed by atoms with Gasteiger partial charge in [-0.25, -0.2) is 0 Å². The lowest BCUT2D eigenvalue weighted by molar-refractivity contribution is -0.162. The normalized spacial score (nSPS) is 21.6. The van der Waals surface area contributed by atoms with Gasteiger partial charge in [0, 0.05) is 13.2 Å². The number of ether oxygens (including phenoxy) is 2. The van der Waals surface area contributed by atoms with Crippen molar-refractivity contribution in [3.63, 3.8) is 0 Å². The van der Waals surface area contributed by atoms with Gasteiger partial charge in [0.2, 0.25) is 0 Å². The Bertz CT molecular complexity index is 157. The van der Waals surface area contributed by atoms with Gasteiger partial charge >= 0.3 is 0 Å². The van der Waals surface area contributed by atoms with E-state index in [0.717, 1.165) is 38.9 Å². The summed E-state index contributed by atoms with van der Waals surface area (Å²) in [4.78, 5) is 0. The van der Waals surface area contributed by atoms with E-state index in [-0.39, 0.29) is 6.29 Å². The Labute approximate surface area is 98.7 Å². The zero-order valence-corrected chi connectivity index (χ0v) is 10.2. The van der Waals surface area contributed by atoms with E-state index in [1.165, 1.54) is 12.8 Å². The van der Waals surface area contributed by atoms with Crippen LogP contribution in [0.5, 0.6) is 0 Å². The SMILES string of the molecule is NCC(CN)CCCCOC1CCCCO1. The molecule has 4 heteroatoms. The van der Waals surface area contributed by atoms with Crippen LogP contribution in [0, 0.1) is 5.92 Å². The number of nitrogens with two attached hydrogens (primary N) is 2. The highest BCUT2D eigenvalue weighted by Crippen LogP contribution is 2.14. The van der Waals surface area contributed by atoms with Gasteiger partial charge in [-0.15, -0.1) is 0 Å². The third-order valence-electron chi connectivity index (χ3n) is 3.12. The van der Waals surface area contributed by atoms with Crippen LogP contribution in [0.2, 0.25) is 0 Å². The molecule has 1 saturated heterocycles. The van der Waals surface area contributed by atoms with Crippen molar-refractivity contribution in [3.8, 4) is 0 Å². The Balaban J connectivity index is 1.90. The second-order valence-corrected chi connectivity index (χ2v) is 4.50. The Morgan fingerprint density at radius 2 is 2.00 bits per heavy atom. The topological polar surface area (TPSA) is 70.5 Å². The van der Waals surface area contributed by atoms with Crippen LogP contribution in [-0.4, -0.2) is 32.6 Å². The maximum absolute atomic E-state index is 5.65. The van der Waals surface area contributed by atoms with Crippen LogP contribution in [0.1, 0.15) is 38.5 Å². The van der Waals surface area contributed by atoms with Crippen LogP contribution in [0.4, 0.5) is 0 Å². The first-order chi connectivity index (χ1) is 7.86. The molecule has 96 valence electrons. The second-order valence-electron chi connectivity index (χ2n) is 4.50. The van der Waals surface area contributed by atoms with E-state index >= 15 is 0 Å². The van der Waals surface area contributed by atoms with Gasteiger partial charge in [0.1, 0.15) is 0 Å². The molecular formula is C12H26N2O2. The van der Waals surface area contributed by atoms with Gasteiger partial charge < -0.3 is 20.9 Å². The van der Waals surface area contributed by atoms with Crippen LogP contribution < -0.4 is 11.5 Å². The Hall–Kier alpha value is -0.160. The summed E-state index contributed by atoms with van der Waals surface area (Å²) in [6, 6.07) is 0. The highest BCUT2D eigenvalue weighted by molar-refractivity contribution is 4.60. The summed E-state index contributed by atoms with van der Waals surface area (Å²) in [7, 11) is 0. The fraction of sp³-hybridized carbons (Fsp3) is 1.00. The van der Waals surface area contributed by atoms with Crippen molar-refractivity contribution in [1.29, 1.82) is 0 Å². The van der Waals surface area contributed by atoms with Crippen LogP contribution in [0.25, 0.3) is 0 Å². The summed E-state index contributed by atoms with van der Waals surface area (Å²) in [6.45, 7) is 3.05. The molecule has 1 atom stereocenters. The summed E-state index contributed by atoms with van der Waals surface area (Å²) in [5.74, 6) is 0.478. The van der Waals surface area contributed by atoms with Gasteiger partial charge in [0.25, 0.3) is 0 Å². The lowest BCUT2D eigenvalue weighted by Crippen LogP contribution is -2.24. The van der Waals surface area contributed by atoms with E-state index < -0.39 is 0 Å². The van der Waals surface area contributed by atoms with Gasteiger partial charge in [0.15, 0.2) is 6.29 Å². The standard InChI is InChI=1S/C12H26N2O2/c13-9-11(10-14)5-1-3-7-15-12-6-2-4-8-16-12/h11-12H,1-10,13-14H2. The molecule has 0 amide bonds. The van der Waals surface area contributed by atoms with Crippen molar-refractivity contribution >= 4 is 0 Å². The van der Waals surface area contributed by atoms with Gasteiger partial charge in [0.05, 0.1) is 0 Å². The quantitative estimate of drug-likeness (QED) is 0.615. The summed E-state index contributed by atoms with van der Waals surface area (Å²) in [5.41, 5.74) is 11.2. The predicted octanol–water partition coefficient (Wildman–Crippen LogP) is 1.23. The molecule has 1 fully saturated rings. The van der Waals surface area contributed by atoms with Crippen molar-refractivity contribution in [3.05, 3.63) is 0 Å². The highest BCUT2D eigenvalue weighted by atomic mass is 16.7. The highest BCUT2D eigenvalue weighted by Gasteiger charge is 2.13. The monoisotopic (exact) mass is 230 g/mol. The average molecular weight is 230 g/mol. The fourth-order valence-corrected chi connectivity index (χ4v) is 1.92. The van der Waals surface area contributed by atoms with Crippen molar-refractivity contribution in [2.75, 3.05) is 26.3 Å². The predicted molar refractivity (Wildman–Crippen MR) is 65.0 cm³/mol. The summed E-state index contributed by atoms with van der Waals surface area (Å²) >= 11 is 0. The Morgan fingerprint density at radius 3 is 2.62 bits per heavy atom. The maximum Gasteiger partial charge on any atom is 0.157 e.